The predicted molar refractivity (Wildman–Crippen MR) is 73.8 cm³/mol. The summed E-state index contributed by atoms with van der Waals surface area (Å²) in [5.74, 6) is 0.689. The van der Waals surface area contributed by atoms with Crippen LogP contribution < -0.4 is 5.32 Å². The fourth-order valence-corrected chi connectivity index (χ4v) is 2.04. The molecule has 0 bridgehead atoms. The van der Waals surface area contributed by atoms with E-state index in [0.717, 1.165) is 13.1 Å². The molecule has 0 aliphatic heterocycles. The van der Waals surface area contributed by atoms with Gasteiger partial charge in [-0.3, -0.25) is 4.90 Å². The lowest BCUT2D eigenvalue weighted by molar-refractivity contribution is 0.0747. The minimum atomic E-state index is 0.341. The van der Waals surface area contributed by atoms with Crippen molar-refractivity contribution in [3.8, 4) is 0 Å². The lowest BCUT2D eigenvalue weighted by Crippen LogP contribution is -2.51. The molecule has 0 rings (SSSR count). The molecule has 0 radical (unpaired) electrons. The highest BCUT2D eigenvalue weighted by Crippen LogP contribution is 2.26. The maximum atomic E-state index is 3.48. The summed E-state index contributed by atoms with van der Waals surface area (Å²) in [6, 6.07) is 1.22. The molecule has 0 spiro atoms. The molecule has 2 atom stereocenters. The van der Waals surface area contributed by atoms with Gasteiger partial charge in [-0.25, -0.2) is 0 Å². The molecule has 0 amide bonds. The van der Waals surface area contributed by atoms with Gasteiger partial charge >= 0.3 is 0 Å². The number of likely N-dealkylation sites (N-methyl/N-ethyl adjacent to an activating group) is 2. The molecule has 1 N–H and O–H groups in total. The van der Waals surface area contributed by atoms with Gasteiger partial charge in [0.25, 0.3) is 0 Å². The van der Waals surface area contributed by atoms with Gasteiger partial charge in [0.05, 0.1) is 0 Å². The van der Waals surface area contributed by atoms with Crippen molar-refractivity contribution in [3.63, 3.8) is 0 Å². The van der Waals surface area contributed by atoms with Gasteiger partial charge in [0, 0.05) is 18.6 Å². The van der Waals surface area contributed by atoms with Crippen LogP contribution in [0.15, 0.2) is 0 Å². The second kappa shape index (κ2) is 6.61. The highest BCUT2D eigenvalue weighted by molar-refractivity contribution is 4.84. The van der Waals surface area contributed by atoms with E-state index >= 15 is 0 Å². The molecule has 0 aliphatic carbocycles. The zero-order valence-corrected chi connectivity index (χ0v) is 12.6. The van der Waals surface area contributed by atoms with E-state index in [1.165, 1.54) is 0 Å². The number of nitrogens with one attached hydrogen (secondary N) is 1. The average Bonchev–Trinajstić information content (AvgIpc) is 2.15. The van der Waals surface area contributed by atoms with E-state index in [-0.39, 0.29) is 0 Å². The van der Waals surface area contributed by atoms with Crippen molar-refractivity contribution in [2.24, 2.45) is 11.3 Å². The molecular formula is C14H32N2. The van der Waals surface area contributed by atoms with E-state index < -0.39 is 0 Å². The van der Waals surface area contributed by atoms with Crippen molar-refractivity contribution < 1.29 is 0 Å². The lowest BCUT2D eigenvalue weighted by Gasteiger charge is -2.42. The standard InChI is InChI=1S/C14H32N2/c1-9-15-10-13(11(2)3)16(8)12(4)14(5,6)7/h11-13,15H,9-10H2,1-8H3. The maximum absolute atomic E-state index is 3.48. The first-order chi connectivity index (χ1) is 7.21. The molecule has 0 heterocycles. The van der Waals surface area contributed by atoms with Gasteiger partial charge in [0.2, 0.25) is 0 Å². The maximum Gasteiger partial charge on any atom is 0.0243 e. The Bertz CT molecular complexity index is 182. The first-order valence-electron chi connectivity index (χ1n) is 6.64. The highest BCUT2D eigenvalue weighted by atomic mass is 15.2. The Morgan fingerprint density at radius 2 is 1.62 bits per heavy atom. The van der Waals surface area contributed by atoms with Crippen LogP contribution in [0.1, 0.15) is 48.5 Å². The van der Waals surface area contributed by atoms with Gasteiger partial charge in [0.15, 0.2) is 0 Å². The van der Waals surface area contributed by atoms with Crippen LogP contribution in [-0.4, -0.2) is 37.1 Å². The SMILES string of the molecule is CCNCC(C(C)C)N(C)C(C)C(C)(C)C. The van der Waals surface area contributed by atoms with Crippen molar-refractivity contribution in [2.75, 3.05) is 20.1 Å². The van der Waals surface area contributed by atoms with Crippen LogP contribution in [0.4, 0.5) is 0 Å². The highest BCUT2D eigenvalue weighted by Gasteiger charge is 2.29. The van der Waals surface area contributed by atoms with Crippen molar-refractivity contribution in [2.45, 2.75) is 60.5 Å². The summed E-state index contributed by atoms with van der Waals surface area (Å²) in [6.07, 6.45) is 0. The van der Waals surface area contributed by atoms with Crippen LogP contribution in [0.2, 0.25) is 0 Å². The molecule has 0 aromatic carbocycles. The van der Waals surface area contributed by atoms with Crippen LogP contribution in [0.3, 0.4) is 0 Å². The molecule has 98 valence electrons. The van der Waals surface area contributed by atoms with Crippen LogP contribution >= 0.6 is 0 Å². The van der Waals surface area contributed by atoms with E-state index in [1.54, 1.807) is 0 Å². The van der Waals surface area contributed by atoms with Gasteiger partial charge in [0.1, 0.15) is 0 Å². The number of hydrogen-bond donors (Lipinski definition) is 1. The minimum Gasteiger partial charge on any atom is -0.315 e. The third-order valence-electron chi connectivity index (χ3n) is 3.76. The van der Waals surface area contributed by atoms with Crippen LogP contribution in [0.5, 0.6) is 0 Å². The molecule has 16 heavy (non-hydrogen) atoms. The summed E-state index contributed by atoms with van der Waals surface area (Å²) in [6.45, 7) is 18.2. The van der Waals surface area contributed by atoms with E-state index in [2.05, 4.69) is 65.7 Å². The first kappa shape index (κ1) is 15.9. The summed E-state index contributed by atoms with van der Waals surface area (Å²) in [5.41, 5.74) is 0.341. The largest absolute Gasteiger partial charge is 0.315 e. The van der Waals surface area contributed by atoms with E-state index in [4.69, 9.17) is 0 Å². The average molecular weight is 228 g/mol. The van der Waals surface area contributed by atoms with Crippen LogP contribution in [-0.2, 0) is 0 Å². The van der Waals surface area contributed by atoms with Crippen LogP contribution in [0.25, 0.3) is 0 Å². The monoisotopic (exact) mass is 228 g/mol. The molecule has 0 aromatic heterocycles. The van der Waals surface area contributed by atoms with Crippen molar-refractivity contribution in [3.05, 3.63) is 0 Å². The number of rotatable bonds is 6. The minimum absolute atomic E-state index is 0.341. The molecule has 2 heteroatoms. The van der Waals surface area contributed by atoms with Gasteiger partial charge in [-0.2, -0.15) is 0 Å². The zero-order valence-electron chi connectivity index (χ0n) is 12.6. The van der Waals surface area contributed by atoms with Crippen molar-refractivity contribution >= 4 is 0 Å². The van der Waals surface area contributed by atoms with E-state index in [0.29, 0.717) is 23.4 Å². The fraction of sp³-hybridized carbons (Fsp3) is 1.00. The molecule has 0 saturated heterocycles. The summed E-state index contributed by atoms with van der Waals surface area (Å²) < 4.78 is 0. The lowest BCUT2D eigenvalue weighted by atomic mass is 9.85. The Hall–Kier alpha value is -0.0800. The summed E-state index contributed by atoms with van der Waals surface area (Å²) in [5, 5.41) is 3.48. The number of nitrogens with zero attached hydrogens (tertiary/aromatic N) is 1. The molecule has 0 saturated carbocycles. The Morgan fingerprint density at radius 1 is 1.12 bits per heavy atom. The quantitative estimate of drug-likeness (QED) is 0.752. The molecule has 0 fully saturated rings. The van der Waals surface area contributed by atoms with Gasteiger partial charge in [-0.05, 0) is 31.8 Å². The Kier molecular flexibility index (Phi) is 6.57. The summed E-state index contributed by atoms with van der Waals surface area (Å²) in [4.78, 5) is 2.54. The Labute approximate surface area is 103 Å². The number of hydrogen-bond acceptors (Lipinski definition) is 2. The third-order valence-corrected chi connectivity index (χ3v) is 3.76. The Balaban J connectivity index is 4.54. The normalized spacial score (nSPS) is 16.9. The second-order valence-corrected chi connectivity index (χ2v) is 6.33. The summed E-state index contributed by atoms with van der Waals surface area (Å²) in [7, 11) is 2.26. The molecule has 0 aliphatic rings. The fourth-order valence-electron chi connectivity index (χ4n) is 2.04. The summed E-state index contributed by atoms with van der Waals surface area (Å²) >= 11 is 0. The van der Waals surface area contributed by atoms with Gasteiger partial charge in [-0.1, -0.05) is 41.5 Å². The van der Waals surface area contributed by atoms with Crippen molar-refractivity contribution in [1.29, 1.82) is 0 Å². The first-order valence-corrected chi connectivity index (χ1v) is 6.64. The van der Waals surface area contributed by atoms with Gasteiger partial charge < -0.3 is 5.32 Å². The predicted octanol–water partition coefficient (Wildman–Crippen LogP) is 2.99. The topological polar surface area (TPSA) is 15.3 Å². The molecule has 2 nitrogen and oxygen atoms in total. The van der Waals surface area contributed by atoms with Crippen molar-refractivity contribution in [1.82, 2.24) is 10.2 Å². The Morgan fingerprint density at radius 3 is 1.94 bits per heavy atom. The molecular weight excluding hydrogens is 196 g/mol. The van der Waals surface area contributed by atoms with E-state index in [1.807, 2.05) is 0 Å². The second-order valence-electron chi connectivity index (χ2n) is 6.33. The van der Waals surface area contributed by atoms with Gasteiger partial charge in [-0.15, -0.1) is 0 Å². The third kappa shape index (κ3) is 4.84. The zero-order chi connectivity index (χ0) is 12.9. The van der Waals surface area contributed by atoms with E-state index in [9.17, 15) is 0 Å². The smallest absolute Gasteiger partial charge is 0.0243 e. The molecule has 0 aromatic rings. The van der Waals surface area contributed by atoms with Crippen LogP contribution in [0, 0.1) is 11.3 Å². The molecule has 2 unspecified atom stereocenters.